The van der Waals surface area contributed by atoms with Crippen molar-refractivity contribution >= 4 is 17.0 Å². The molecule has 0 aliphatic heterocycles. The van der Waals surface area contributed by atoms with E-state index in [2.05, 4.69) is 0 Å². The zero-order valence-corrected chi connectivity index (χ0v) is 7.84. The van der Waals surface area contributed by atoms with Crippen LogP contribution < -0.4 is 0 Å². The van der Waals surface area contributed by atoms with Gasteiger partial charge in [0.2, 0.25) is 0 Å². The van der Waals surface area contributed by atoms with Gasteiger partial charge >= 0.3 is 0 Å². The van der Waals surface area contributed by atoms with Gasteiger partial charge in [0.15, 0.2) is 0 Å². The van der Waals surface area contributed by atoms with Crippen molar-refractivity contribution in [1.82, 2.24) is 0 Å². The highest BCUT2D eigenvalue weighted by molar-refractivity contribution is 7.12. The summed E-state index contributed by atoms with van der Waals surface area (Å²) in [5.74, 6) is 0. The number of benzene rings is 1. The Hall–Kier alpha value is -1.41. The summed E-state index contributed by atoms with van der Waals surface area (Å²) in [4.78, 5) is 1.02. The van der Waals surface area contributed by atoms with Gasteiger partial charge < -0.3 is 0 Å². The van der Waals surface area contributed by atoms with E-state index in [9.17, 15) is 0 Å². The van der Waals surface area contributed by atoms with E-state index in [-0.39, 0.29) is 0 Å². The van der Waals surface area contributed by atoms with Gasteiger partial charge in [0.25, 0.3) is 0 Å². The summed E-state index contributed by atoms with van der Waals surface area (Å²) in [7, 11) is 0. The Morgan fingerprint density at radius 1 is 1.00 bits per heavy atom. The van der Waals surface area contributed by atoms with Crippen LogP contribution in [0.5, 0.6) is 0 Å². The summed E-state index contributed by atoms with van der Waals surface area (Å²) in [5.41, 5.74) is 1.58. The monoisotopic (exact) mass is 187 g/mol. The molecule has 13 heavy (non-hydrogen) atoms. The zero-order valence-electron chi connectivity index (χ0n) is 7.03. The molecule has 0 radical (unpaired) electrons. The van der Waals surface area contributed by atoms with Crippen molar-refractivity contribution in [3.8, 4) is 0 Å². The molecule has 0 aliphatic carbocycles. The molecule has 0 saturated heterocycles. The third-order valence-corrected chi connectivity index (χ3v) is 2.72. The first-order valence-electron chi connectivity index (χ1n) is 4.06. The van der Waals surface area contributed by atoms with Gasteiger partial charge in [0.05, 0.1) is 10.6 Å². The normalized spacial score (nSPS) is 9.85. The Labute approximate surface area is 81.2 Å². The maximum absolute atomic E-state index is 7.90. The summed E-state index contributed by atoms with van der Waals surface area (Å²) in [6.45, 7) is 0. The number of rotatable bonds is 2. The molecular weight excluding hydrogens is 178 g/mol. The summed E-state index contributed by atoms with van der Waals surface area (Å²) in [5, 5.41) is 9.89. The van der Waals surface area contributed by atoms with Gasteiger partial charge in [-0.1, -0.05) is 36.4 Å². The van der Waals surface area contributed by atoms with Crippen molar-refractivity contribution < 1.29 is 0 Å². The third kappa shape index (κ3) is 1.68. The smallest absolute Gasteiger partial charge is 0.0784 e. The molecule has 0 atom stereocenters. The van der Waals surface area contributed by atoms with Gasteiger partial charge in [-0.15, -0.1) is 11.3 Å². The van der Waals surface area contributed by atoms with Crippen molar-refractivity contribution in [2.75, 3.05) is 0 Å². The molecule has 2 aromatic rings. The van der Waals surface area contributed by atoms with E-state index in [4.69, 9.17) is 5.41 Å². The van der Waals surface area contributed by atoms with Crippen LogP contribution in [0.1, 0.15) is 10.4 Å². The molecular formula is C11H9NS. The average molecular weight is 187 g/mol. The molecule has 1 heterocycles. The van der Waals surface area contributed by atoms with Gasteiger partial charge in [-0.25, -0.2) is 0 Å². The largest absolute Gasteiger partial charge is 0.299 e. The van der Waals surface area contributed by atoms with Crippen LogP contribution in [0.2, 0.25) is 0 Å². The molecule has 0 spiro atoms. The highest BCUT2D eigenvalue weighted by Gasteiger charge is 2.03. The highest BCUT2D eigenvalue weighted by atomic mass is 32.1. The van der Waals surface area contributed by atoms with E-state index in [0.717, 1.165) is 10.4 Å². The van der Waals surface area contributed by atoms with E-state index >= 15 is 0 Å². The molecule has 0 unspecified atom stereocenters. The molecule has 2 rings (SSSR count). The number of hydrogen-bond acceptors (Lipinski definition) is 2. The Morgan fingerprint density at radius 2 is 1.77 bits per heavy atom. The summed E-state index contributed by atoms with van der Waals surface area (Å²) >= 11 is 1.60. The Balaban J connectivity index is 2.34. The van der Waals surface area contributed by atoms with Gasteiger partial charge in [0, 0.05) is 5.56 Å². The molecule has 0 amide bonds. The molecule has 1 nitrogen and oxygen atoms in total. The summed E-state index contributed by atoms with van der Waals surface area (Å²) in [6.07, 6.45) is 0. The second-order valence-corrected chi connectivity index (χ2v) is 3.67. The van der Waals surface area contributed by atoms with E-state index in [1.165, 1.54) is 0 Å². The van der Waals surface area contributed by atoms with Crippen molar-refractivity contribution in [2.24, 2.45) is 0 Å². The van der Waals surface area contributed by atoms with Crippen molar-refractivity contribution in [2.45, 2.75) is 0 Å². The fourth-order valence-corrected chi connectivity index (χ4v) is 1.86. The summed E-state index contributed by atoms with van der Waals surface area (Å²) in [6, 6.07) is 13.7. The quantitative estimate of drug-likeness (QED) is 0.698. The molecule has 64 valence electrons. The molecule has 2 heteroatoms. The molecule has 1 aromatic carbocycles. The molecule has 0 aliphatic rings. The van der Waals surface area contributed by atoms with Gasteiger partial charge in [-0.05, 0) is 11.4 Å². The van der Waals surface area contributed by atoms with Gasteiger partial charge in [-0.2, -0.15) is 0 Å². The fourth-order valence-electron chi connectivity index (χ4n) is 1.17. The van der Waals surface area contributed by atoms with Crippen molar-refractivity contribution in [3.05, 3.63) is 58.3 Å². The Bertz CT molecular complexity index is 389. The van der Waals surface area contributed by atoms with Crippen LogP contribution in [0.4, 0.5) is 0 Å². The van der Waals surface area contributed by atoms with Crippen molar-refractivity contribution in [3.63, 3.8) is 0 Å². The molecule has 0 fully saturated rings. The lowest BCUT2D eigenvalue weighted by atomic mass is 10.1. The second kappa shape index (κ2) is 3.54. The lowest BCUT2D eigenvalue weighted by molar-refractivity contribution is 1.48. The third-order valence-electron chi connectivity index (χ3n) is 1.83. The van der Waals surface area contributed by atoms with Gasteiger partial charge in [0.1, 0.15) is 0 Å². The first kappa shape index (κ1) is 8.20. The van der Waals surface area contributed by atoms with Crippen LogP contribution in [0.3, 0.4) is 0 Å². The zero-order chi connectivity index (χ0) is 9.10. The molecule has 0 bridgehead atoms. The van der Waals surface area contributed by atoms with Crippen molar-refractivity contribution in [1.29, 1.82) is 5.41 Å². The Kier molecular flexibility index (Phi) is 2.23. The highest BCUT2D eigenvalue weighted by Crippen LogP contribution is 2.14. The van der Waals surface area contributed by atoms with Crippen LogP contribution in [0.25, 0.3) is 0 Å². The maximum Gasteiger partial charge on any atom is 0.0784 e. The van der Waals surface area contributed by atoms with Gasteiger partial charge in [-0.3, -0.25) is 5.41 Å². The van der Waals surface area contributed by atoms with Crippen LogP contribution in [-0.4, -0.2) is 5.71 Å². The lowest BCUT2D eigenvalue weighted by Gasteiger charge is -1.99. The minimum absolute atomic E-state index is 0.607. The lowest BCUT2D eigenvalue weighted by Crippen LogP contribution is -1.97. The van der Waals surface area contributed by atoms with E-state index in [1.54, 1.807) is 11.3 Å². The number of thiophene rings is 1. The predicted octanol–water partition coefficient (Wildman–Crippen LogP) is 3.16. The number of hydrogen-bond donors (Lipinski definition) is 1. The first-order chi connectivity index (χ1) is 6.38. The van der Waals surface area contributed by atoms with Crippen LogP contribution in [0.15, 0.2) is 47.8 Å². The molecule has 1 N–H and O–H groups in total. The summed E-state index contributed by atoms with van der Waals surface area (Å²) < 4.78 is 0. The topological polar surface area (TPSA) is 23.9 Å². The van der Waals surface area contributed by atoms with E-state index in [1.807, 2.05) is 47.8 Å². The van der Waals surface area contributed by atoms with E-state index in [0.29, 0.717) is 5.71 Å². The maximum atomic E-state index is 7.90. The first-order valence-corrected chi connectivity index (χ1v) is 4.94. The molecule has 1 aromatic heterocycles. The predicted molar refractivity (Wildman–Crippen MR) is 56.7 cm³/mol. The van der Waals surface area contributed by atoms with Crippen LogP contribution in [0, 0.1) is 5.41 Å². The van der Waals surface area contributed by atoms with E-state index < -0.39 is 0 Å². The minimum atomic E-state index is 0.607. The average Bonchev–Trinajstić information content (AvgIpc) is 2.71. The number of nitrogens with one attached hydrogen (secondary N) is 1. The van der Waals surface area contributed by atoms with Crippen LogP contribution >= 0.6 is 11.3 Å². The Morgan fingerprint density at radius 3 is 2.38 bits per heavy atom. The standard InChI is InChI=1S/C11H9NS/c12-11(10-7-4-8-13-10)9-5-2-1-3-6-9/h1-8,12H. The minimum Gasteiger partial charge on any atom is -0.299 e. The second-order valence-electron chi connectivity index (χ2n) is 2.72. The SMILES string of the molecule is N=C(c1ccccc1)c1cccs1. The fraction of sp³-hybridized carbons (Fsp3) is 0. The van der Waals surface area contributed by atoms with Crippen LogP contribution in [-0.2, 0) is 0 Å². The molecule has 0 saturated carbocycles.